The van der Waals surface area contributed by atoms with Gasteiger partial charge in [0.05, 0.1) is 0 Å². The standard InChI is InChI=1S/C15H11FN4O2S/c16-12-4-2-1-3-9(12)5-10-7-23-8-11(10)6-13(21)14(22)15-17-19-20-18-15/h1-4,7-8H,5-6H2,(H,17,18,19,20). The number of carbonyl (C=O) groups excluding carboxylic acids is 2. The monoisotopic (exact) mass is 330 g/mol. The molecule has 0 spiro atoms. The molecule has 0 saturated carbocycles. The second-order valence-corrected chi connectivity index (χ2v) is 5.60. The molecule has 0 aliphatic rings. The molecule has 0 saturated heterocycles. The summed E-state index contributed by atoms with van der Waals surface area (Å²) in [7, 11) is 0. The Bertz CT molecular complexity index is 845. The maximum Gasteiger partial charge on any atom is 0.269 e. The Morgan fingerprint density at radius 1 is 1.13 bits per heavy atom. The van der Waals surface area contributed by atoms with Crippen LogP contribution >= 0.6 is 11.3 Å². The molecule has 0 radical (unpaired) electrons. The van der Waals surface area contributed by atoms with E-state index >= 15 is 0 Å². The summed E-state index contributed by atoms with van der Waals surface area (Å²) in [6.45, 7) is 0. The molecule has 0 aliphatic carbocycles. The smallest absolute Gasteiger partial charge is 0.269 e. The number of carbonyl (C=O) groups is 2. The lowest BCUT2D eigenvalue weighted by atomic mass is 9.99. The Kier molecular flexibility index (Phi) is 4.33. The maximum absolute atomic E-state index is 13.7. The van der Waals surface area contributed by atoms with E-state index in [0.717, 1.165) is 5.56 Å². The zero-order valence-electron chi connectivity index (χ0n) is 11.8. The van der Waals surface area contributed by atoms with E-state index in [1.165, 1.54) is 17.4 Å². The van der Waals surface area contributed by atoms with Gasteiger partial charge in [-0.05, 0) is 38.7 Å². The summed E-state index contributed by atoms with van der Waals surface area (Å²) in [5, 5.41) is 16.0. The molecular formula is C15H11FN4O2S. The minimum Gasteiger partial charge on any atom is -0.290 e. The first-order valence-electron chi connectivity index (χ1n) is 6.73. The number of tetrazole rings is 1. The summed E-state index contributed by atoms with van der Waals surface area (Å²) >= 11 is 1.41. The normalized spacial score (nSPS) is 10.7. The fourth-order valence-corrected chi connectivity index (χ4v) is 3.01. The second kappa shape index (κ2) is 6.57. The van der Waals surface area contributed by atoms with Crippen molar-refractivity contribution in [2.45, 2.75) is 12.8 Å². The number of nitrogens with one attached hydrogen (secondary N) is 1. The van der Waals surface area contributed by atoms with Crippen LogP contribution in [0.1, 0.15) is 27.3 Å². The first kappa shape index (κ1) is 15.2. The zero-order valence-corrected chi connectivity index (χ0v) is 12.6. The van der Waals surface area contributed by atoms with Crippen molar-refractivity contribution in [3.05, 3.63) is 63.4 Å². The van der Waals surface area contributed by atoms with Crippen molar-refractivity contribution in [3.8, 4) is 0 Å². The van der Waals surface area contributed by atoms with E-state index in [-0.39, 0.29) is 18.1 Å². The van der Waals surface area contributed by atoms with Crippen LogP contribution in [0, 0.1) is 5.82 Å². The van der Waals surface area contributed by atoms with E-state index in [4.69, 9.17) is 0 Å². The molecule has 23 heavy (non-hydrogen) atoms. The third kappa shape index (κ3) is 3.37. The first-order valence-corrected chi connectivity index (χ1v) is 7.67. The van der Waals surface area contributed by atoms with Crippen LogP contribution in [0.4, 0.5) is 4.39 Å². The van der Waals surface area contributed by atoms with Gasteiger partial charge in [0.15, 0.2) is 0 Å². The van der Waals surface area contributed by atoms with Crippen molar-refractivity contribution in [3.63, 3.8) is 0 Å². The number of hydrogen-bond acceptors (Lipinski definition) is 6. The Balaban J connectivity index is 1.75. The highest BCUT2D eigenvalue weighted by molar-refractivity contribution is 7.08. The highest BCUT2D eigenvalue weighted by Crippen LogP contribution is 2.21. The molecule has 0 fully saturated rings. The fraction of sp³-hybridized carbons (Fsp3) is 0.133. The van der Waals surface area contributed by atoms with Gasteiger partial charge >= 0.3 is 0 Å². The number of aromatic nitrogens is 4. The minimum absolute atomic E-state index is 0.0688. The van der Waals surface area contributed by atoms with Crippen molar-refractivity contribution >= 4 is 22.9 Å². The van der Waals surface area contributed by atoms with Crippen molar-refractivity contribution in [1.82, 2.24) is 20.6 Å². The number of hydrogen-bond donors (Lipinski definition) is 1. The van der Waals surface area contributed by atoms with Crippen LogP contribution in [0.3, 0.4) is 0 Å². The third-order valence-corrected chi connectivity index (χ3v) is 4.17. The van der Waals surface area contributed by atoms with Gasteiger partial charge in [-0.3, -0.25) is 9.59 Å². The largest absolute Gasteiger partial charge is 0.290 e. The van der Waals surface area contributed by atoms with Crippen LogP contribution in [0.25, 0.3) is 0 Å². The molecule has 1 aromatic carbocycles. The van der Waals surface area contributed by atoms with Crippen LogP contribution in [0.5, 0.6) is 0 Å². The number of benzene rings is 1. The van der Waals surface area contributed by atoms with Crippen LogP contribution in [0.15, 0.2) is 35.0 Å². The van der Waals surface area contributed by atoms with E-state index < -0.39 is 11.6 Å². The fourth-order valence-electron chi connectivity index (χ4n) is 2.14. The lowest BCUT2D eigenvalue weighted by Gasteiger charge is -2.04. The topological polar surface area (TPSA) is 88.6 Å². The average molecular weight is 330 g/mol. The van der Waals surface area contributed by atoms with Crippen LogP contribution < -0.4 is 0 Å². The van der Waals surface area contributed by atoms with Gasteiger partial charge in [-0.25, -0.2) is 4.39 Å². The summed E-state index contributed by atoms with van der Waals surface area (Å²) in [5.41, 5.74) is 2.08. The molecule has 0 amide bonds. The molecule has 6 nitrogen and oxygen atoms in total. The van der Waals surface area contributed by atoms with Crippen molar-refractivity contribution < 1.29 is 14.0 Å². The van der Waals surface area contributed by atoms with Gasteiger partial charge in [-0.1, -0.05) is 18.2 Å². The number of H-pyrrole nitrogens is 1. The SMILES string of the molecule is O=C(Cc1cscc1Cc1ccccc1F)C(=O)c1nn[nH]n1. The van der Waals surface area contributed by atoms with Gasteiger partial charge in [0.2, 0.25) is 11.6 Å². The number of Topliss-reactive ketones (excluding diaryl/α,β-unsaturated/α-hetero) is 2. The number of nitrogens with zero attached hydrogens (tertiary/aromatic N) is 3. The quantitative estimate of drug-likeness (QED) is 0.551. The average Bonchev–Trinajstić information content (AvgIpc) is 3.21. The van der Waals surface area contributed by atoms with Crippen LogP contribution in [-0.4, -0.2) is 32.2 Å². The predicted molar refractivity (Wildman–Crippen MR) is 80.7 cm³/mol. The molecular weight excluding hydrogens is 319 g/mol. The molecule has 0 unspecified atom stereocenters. The molecule has 116 valence electrons. The first-order chi connectivity index (χ1) is 11.1. The van der Waals surface area contributed by atoms with Crippen LogP contribution in [-0.2, 0) is 17.6 Å². The highest BCUT2D eigenvalue weighted by Gasteiger charge is 2.22. The number of thiophene rings is 1. The number of halogens is 1. The molecule has 0 atom stereocenters. The molecule has 1 N–H and O–H groups in total. The van der Waals surface area contributed by atoms with Gasteiger partial charge in [0.25, 0.3) is 5.78 Å². The van der Waals surface area contributed by atoms with E-state index in [1.54, 1.807) is 23.6 Å². The van der Waals surface area contributed by atoms with Gasteiger partial charge in [-0.2, -0.15) is 16.6 Å². The van der Waals surface area contributed by atoms with Gasteiger partial charge in [-0.15, -0.1) is 10.2 Å². The molecule has 2 heterocycles. The molecule has 0 aliphatic heterocycles. The van der Waals surface area contributed by atoms with Gasteiger partial charge < -0.3 is 0 Å². The third-order valence-electron chi connectivity index (χ3n) is 3.32. The van der Waals surface area contributed by atoms with E-state index in [9.17, 15) is 14.0 Å². The molecule has 3 rings (SSSR count). The summed E-state index contributed by atoms with van der Waals surface area (Å²) < 4.78 is 13.7. The number of aromatic amines is 1. The van der Waals surface area contributed by atoms with E-state index in [2.05, 4.69) is 20.6 Å². The van der Waals surface area contributed by atoms with Crippen LogP contribution in [0.2, 0.25) is 0 Å². The maximum atomic E-state index is 13.7. The Labute approximate surface area is 134 Å². The lowest BCUT2D eigenvalue weighted by Crippen LogP contribution is -2.18. The van der Waals surface area contributed by atoms with Crippen molar-refractivity contribution in [2.24, 2.45) is 0 Å². The van der Waals surface area contributed by atoms with Crippen molar-refractivity contribution in [2.75, 3.05) is 0 Å². The summed E-state index contributed by atoms with van der Waals surface area (Å²) in [6.07, 6.45) is 0.301. The number of rotatable bonds is 6. The molecule has 2 aromatic heterocycles. The van der Waals surface area contributed by atoms with E-state index in [0.29, 0.717) is 17.5 Å². The molecule has 8 heteroatoms. The van der Waals surface area contributed by atoms with E-state index in [1.807, 2.05) is 5.38 Å². The summed E-state index contributed by atoms with van der Waals surface area (Å²) in [4.78, 5) is 23.9. The summed E-state index contributed by atoms with van der Waals surface area (Å²) in [5.74, 6) is -1.96. The Hall–Kier alpha value is -2.74. The summed E-state index contributed by atoms with van der Waals surface area (Å²) in [6, 6.07) is 6.48. The van der Waals surface area contributed by atoms with Crippen molar-refractivity contribution in [1.29, 1.82) is 0 Å². The second-order valence-electron chi connectivity index (χ2n) is 4.85. The Morgan fingerprint density at radius 2 is 1.91 bits per heavy atom. The van der Waals surface area contributed by atoms with Gasteiger partial charge in [0, 0.05) is 12.8 Å². The predicted octanol–water partition coefficient (Wildman–Crippen LogP) is 1.99. The minimum atomic E-state index is -0.790. The number of ketones is 2. The molecule has 3 aromatic rings. The Morgan fingerprint density at radius 3 is 2.65 bits per heavy atom. The molecule has 0 bridgehead atoms. The van der Waals surface area contributed by atoms with Gasteiger partial charge in [0.1, 0.15) is 5.82 Å². The zero-order chi connectivity index (χ0) is 16.2. The highest BCUT2D eigenvalue weighted by atomic mass is 32.1. The lowest BCUT2D eigenvalue weighted by molar-refractivity contribution is -0.114.